The predicted octanol–water partition coefficient (Wildman–Crippen LogP) is 1.89. The lowest BCUT2D eigenvalue weighted by Crippen LogP contribution is -2.58. The van der Waals surface area contributed by atoms with E-state index in [4.69, 9.17) is 4.74 Å². The standard InChI is InChI=1S/C15H28N2O2/c1-3-7-14(15(18)19-4-2)17-11-10-16-9-6-5-8-13(16)12-17/h13-14H,3-12H2,1-2H3. The second-order valence-electron chi connectivity index (χ2n) is 5.74. The molecule has 0 aromatic carbocycles. The fourth-order valence-corrected chi connectivity index (χ4v) is 3.42. The van der Waals surface area contributed by atoms with Crippen molar-refractivity contribution in [2.75, 3.05) is 32.8 Å². The molecule has 4 heteroatoms. The summed E-state index contributed by atoms with van der Waals surface area (Å²) in [6.45, 7) is 8.94. The van der Waals surface area contributed by atoms with E-state index in [2.05, 4.69) is 16.7 Å². The number of nitrogens with zero attached hydrogens (tertiary/aromatic N) is 2. The van der Waals surface area contributed by atoms with Gasteiger partial charge in [0.1, 0.15) is 6.04 Å². The SMILES string of the molecule is CCCC(C(=O)OCC)N1CCN2CCCCC2C1. The highest BCUT2D eigenvalue weighted by Crippen LogP contribution is 2.23. The Morgan fingerprint density at radius 3 is 2.84 bits per heavy atom. The van der Waals surface area contributed by atoms with E-state index >= 15 is 0 Å². The molecule has 2 atom stereocenters. The van der Waals surface area contributed by atoms with Crippen molar-refractivity contribution in [3.8, 4) is 0 Å². The van der Waals surface area contributed by atoms with Gasteiger partial charge in [-0.05, 0) is 32.7 Å². The first kappa shape index (κ1) is 14.8. The Hall–Kier alpha value is -0.610. The van der Waals surface area contributed by atoms with E-state index in [1.165, 1.54) is 25.8 Å². The molecular weight excluding hydrogens is 240 g/mol. The van der Waals surface area contributed by atoms with Crippen molar-refractivity contribution < 1.29 is 9.53 Å². The van der Waals surface area contributed by atoms with Crippen molar-refractivity contribution >= 4 is 5.97 Å². The van der Waals surface area contributed by atoms with Crippen LogP contribution in [0.2, 0.25) is 0 Å². The second-order valence-corrected chi connectivity index (χ2v) is 5.74. The molecule has 2 saturated heterocycles. The fraction of sp³-hybridized carbons (Fsp3) is 0.933. The number of fused-ring (bicyclic) bond motifs is 1. The van der Waals surface area contributed by atoms with Gasteiger partial charge < -0.3 is 4.74 Å². The zero-order valence-corrected chi connectivity index (χ0v) is 12.4. The molecule has 0 aliphatic carbocycles. The van der Waals surface area contributed by atoms with Crippen LogP contribution in [-0.2, 0) is 9.53 Å². The minimum Gasteiger partial charge on any atom is -0.465 e. The number of rotatable bonds is 5. The van der Waals surface area contributed by atoms with Gasteiger partial charge in [-0.15, -0.1) is 0 Å². The van der Waals surface area contributed by atoms with E-state index < -0.39 is 0 Å². The number of hydrogen-bond donors (Lipinski definition) is 0. The summed E-state index contributed by atoms with van der Waals surface area (Å²) in [6, 6.07) is 0.644. The molecule has 0 amide bonds. The molecule has 0 aromatic heterocycles. The van der Waals surface area contributed by atoms with E-state index in [1.807, 2.05) is 6.92 Å². The summed E-state index contributed by atoms with van der Waals surface area (Å²) >= 11 is 0. The molecule has 2 unspecified atom stereocenters. The van der Waals surface area contributed by atoms with Gasteiger partial charge in [-0.3, -0.25) is 14.6 Å². The number of esters is 1. The van der Waals surface area contributed by atoms with Crippen molar-refractivity contribution in [2.24, 2.45) is 0 Å². The minimum atomic E-state index is -0.0198. The van der Waals surface area contributed by atoms with Crippen molar-refractivity contribution in [3.05, 3.63) is 0 Å². The Kier molecular flexibility index (Phi) is 5.64. The molecule has 0 spiro atoms. The average Bonchev–Trinajstić information content (AvgIpc) is 2.44. The van der Waals surface area contributed by atoms with E-state index in [9.17, 15) is 4.79 Å². The van der Waals surface area contributed by atoms with Gasteiger partial charge in [0.25, 0.3) is 0 Å². The summed E-state index contributed by atoms with van der Waals surface area (Å²) in [5.41, 5.74) is 0. The van der Waals surface area contributed by atoms with Crippen molar-refractivity contribution in [2.45, 2.75) is 58.0 Å². The lowest BCUT2D eigenvalue weighted by atomic mass is 9.98. The van der Waals surface area contributed by atoms with Gasteiger partial charge in [0.05, 0.1) is 6.61 Å². The van der Waals surface area contributed by atoms with Crippen molar-refractivity contribution in [1.82, 2.24) is 9.80 Å². The first-order valence-electron chi connectivity index (χ1n) is 7.91. The zero-order chi connectivity index (χ0) is 13.7. The molecule has 4 nitrogen and oxygen atoms in total. The molecular formula is C15H28N2O2. The van der Waals surface area contributed by atoms with Crippen LogP contribution in [0.1, 0.15) is 46.0 Å². The van der Waals surface area contributed by atoms with Gasteiger partial charge in [0.15, 0.2) is 0 Å². The molecule has 0 radical (unpaired) electrons. The largest absolute Gasteiger partial charge is 0.465 e. The monoisotopic (exact) mass is 268 g/mol. The van der Waals surface area contributed by atoms with Crippen LogP contribution < -0.4 is 0 Å². The third kappa shape index (κ3) is 3.69. The summed E-state index contributed by atoms with van der Waals surface area (Å²) in [5.74, 6) is -0.0198. The van der Waals surface area contributed by atoms with Crippen LogP contribution >= 0.6 is 0 Å². The summed E-state index contributed by atoms with van der Waals surface area (Å²) < 4.78 is 5.25. The van der Waals surface area contributed by atoms with E-state index in [-0.39, 0.29) is 12.0 Å². The zero-order valence-electron chi connectivity index (χ0n) is 12.4. The number of carbonyl (C=O) groups excluding carboxylic acids is 1. The summed E-state index contributed by atoms with van der Waals surface area (Å²) in [5, 5.41) is 0. The van der Waals surface area contributed by atoms with Crippen LogP contribution in [0.4, 0.5) is 0 Å². The molecule has 2 fully saturated rings. The van der Waals surface area contributed by atoms with Crippen molar-refractivity contribution in [1.29, 1.82) is 0 Å². The third-order valence-corrected chi connectivity index (χ3v) is 4.43. The summed E-state index contributed by atoms with van der Waals surface area (Å²) in [4.78, 5) is 17.1. The highest BCUT2D eigenvalue weighted by atomic mass is 16.5. The molecule has 2 heterocycles. The second kappa shape index (κ2) is 7.25. The molecule has 2 aliphatic heterocycles. The smallest absolute Gasteiger partial charge is 0.323 e. The van der Waals surface area contributed by atoms with E-state index in [0.29, 0.717) is 12.6 Å². The lowest BCUT2D eigenvalue weighted by molar-refractivity contribution is -0.151. The van der Waals surface area contributed by atoms with Gasteiger partial charge in [-0.1, -0.05) is 19.8 Å². The Labute approximate surface area is 117 Å². The molecule has 0 aromatic rings. The van der Waals surface area contributed by atoms with Crippen LogP contribution in [-0.4, -0.2) is 60.6 Å². The lowest BCUT2D eigenvalue weighted by Gasteiger charge is -2.45. The fourth-order valence-electron chi connectivity index (χ4n) is 3.42. The van der Waals surface area contributed by atoms with Crippen LogP contribution in [0.25, 0.3) is 0 Å². The molecule has 19 heavy (non-hydrogen) atoms. The molecule has 2 rings (SSSR count). The molecule has 0 saturated carbocycles. The quantitative estimate of drug-likeness (QED) is 0.713. The van der Waals surface area contributed by atoms with Crippen molar-refractivity contribution in [3.63, 3.8) is 0 Å². The molecule has 0 bridgehead atoms. The number of hydrogen-bond acceptors (Lipinski definition) is 4. The summed E-state index contributed by atoms with van der Waals surface area (Å²) in [7, 11) is 0. The normalized spacial score (nSPS) is 26.7. The topological polar surface area (TPSA) is 32.8 Å². The van der Waals surface area contributed by atoms with Gasteiger partial charge in [-0.25, -0.2) is 0 Å². The Bertz CT molecular complexity index is 296. The molecule has 0 N–H and O–H groups in total. The van der Waals surface area contributed by atoms with E-state index in [1.54, 1.807) is 0 Å². The van der Waals surface area contributed by atoms with Crippen LogP contribution in [0.5, 0.6) is 0 Å². The van der Waals surface area contributed by atoms with Gasteiger partial charge in [0.2, 0.25) is 0 Å². The maximum absolute atomic E-state index is 12.1. The number of carbonyl (C=O) groups is 1. The summed E-state index contributed by atoms with van der Waals surface area (Å²) in [6.07, 6.45) is 5.93. The van der Waals surface area contributed by atoms with Crippen LogP contribution in [0, 0.1) is 0 Å². The van der Waals surface area contributed by atoms with E-state index in [0.717, 1.165) is 32.5 Å². The van der Waals surface area contributed by atoms with Gasteiger partial charge >= 0.3 is 5.97 Å². The average molecular weight is 268 g/mol. The van der Waals surface area contributed by atoms with Gasteiger partial charge in [-0.2, -0.15) is 0 Å². The highest BCUT2D eigenvalue weighted by Gasteiger charge is 2.34. The Morgan fingerprint density at radius 2 is 2.11 bits per heavy atom. The molecule has 2 aliphatic rings. The number of ether oxygens (including phenoxy) is 1. The number of piperidine rings is 1. The number of piperazine rings is 1. The van der Waals surface area contributed by atoms with Crippen LogP contribution in [0.15, 0.2) is 0 Å². The highest BCUT2D eigenvalue weighted by molar-refractivity contribution is 5.75. The first-order valence-corrected chi connectivity index (χ1v) is 7.91. The molecule has 110 valence electrons. The third-order valence-electron chi connectivity index (χ3n) is 4.43. The maximum Gasteiger partial charge on any atom is 0.323 e. The Morgan fingerprint density at radius 1 is 1.26 bits per heavy atom. The Balaban J connectivity index is 1.95. The minimum absolute atomic E-state index is 0.0194. The maximum atomic E-state index is 12.1. The van der Waals surface area contributed by atoms with Gasteiger partial charge in [0, 0.05) is 25.7 Å². The first-order chi connectivity index (χ1) is 9.26. The van der Waals surface area contributed by atoms with Crippen LogP contribution in [0.3, 0.4) is 0 Å². The predicted molar refractivity (Wildman–Crippen MR) is 76.1 cm³/mol.